The second-order valence-electron chi connectivity index (χ2n) is 8.16. The minimum Gasteiger partial charge on any atom is -0.465 e. The number of carbonyl (C=O) groups excluding carboxylic acids is 3. The van der Waals surface area contributed by atoms with Gasteiger partial charge in [-0.3, -0.25) is 14.6 Å². The fraction of sp³-hybridized carbons (Fsp3) is 0.200. The van der Waals surface area contributed by atoms with Crippen molar-refractivity contribution in [3.05, 3.63) is 94.3 Å². The highest BCUT2D eigenvalue weighted by atomic mass is 35.5. The second-order valence-corrected chi connectivity index (χ2v) is 8.60. The van der Waals surface area contributed by atoms with Gasteiger partial charge in [-0.15, -0.1) is 0 Å². The molecule has 1 saturated carbocycles. The van der Waals surface area contributed by atoms with Crippen molar-refractivity contribution in [2.75, 3.05) is 12.4 Å². The van der Waals surface area contributed by atoms with Gasteiger partial charge in [0.05, 0.1) is 23.9 Å². The monoisotopic (exact) mass is 461 g/mol. The molecule has 0 saturated heterocycles. The number of fused-ring (bicyclic) bond motifs is 1. The molecule has 1 aliphatic carbocycles. The number of hydrogen-bond donors (Lipinski definition) is 1. The molecule has 1 aliphatic heterocycles. The van der Waals surface area contributed by atoms with E-state index in [2.05, 4.69) is 10.3 Å². The Morgan fingerprint density at radius 1 is 1.18 bits per heavy atom. The predicted molar refractivity (Wildman–Crippen MR) is 122 cm³/mol. The van der Waals surface area contributed by atoms with Crippen LogP contribution in [0.2, 0.25) is 5.02 Å². The molecule has 2 atom stereocenters. The van der Waals surface area contributed by atoms with Crippen LogP contribution in [0.1, 0.15) is 44.3 Å². The number of anilines is 1. The van der Waals surface area contributed by atoms with Gasteiger partial charge in [-0.2, -0.15) is 0 Å². The zero-order valence-electron chi connectivity index (χ0n) is 17.7. The van der Waals surface area contributed by atoms with Gasteiger partial charge in [0, 0.05) is 29.4 Å². The van der Waals surface area contributed by atoms with Crippen LogP contribution in [-0.2, 0) is 16.1 Å². The Bertz CT molecular complexity index is 1260. The molecular weight excluding hydrogens is 442 g/mol. The molecule has 0 bridgehead atoms. The number of carbonyl (C=O) groups is 3. The van der Waals surface area contributed by atoms with Gasteiger partial charge in [0.2, 0.25) is 0 Å². The first-order valence-corrected chi connectivity index (χ1v) is 10.8. The standard InChI is InChI=1S/C25H20ClN3O4/c1-33-23(31)16-7-5-15(6-8-16)14-29-22(30)18-10-9-17(26)12-21(18)28-24(32)25(29)13-19(25)20-4-2-3-11-27-20/h2-12,19H,13-14H2,1H3,(H,28,32). The molecule has 2 aromatic carbocycles. The normalized spacial score (nSPS) is 21.3. The summed E-state index contributed by atoms with van der Waals surface area (Å²) in [5.74, 6) is -1.21. The Labute approximate surface area is 195 Å². The smallest absolute Gasteiger partial charge is 0.337 e. The summed E-state index contributed by atoms with van der Waals surface area (Å²) in [6.45, 7) is 0.194. The molecule has 166 valence electrons. The number of hydrogen-bond acceptors (Lipinski definition) is 5. The first-order valence-electron chi connectivity index (χ1n) is 10.4. The molecule has 1 N–H and O–H groups in total. The van der Waals surface area contributed by atoms with Crippen LogP contribution in [0, 0.1) is 0 Å². The van der Waals surface area contributed by atoms with Crippen molar-refractivity contribution in [1.82, 2.24) is 9.88 Å². The van der Waals surface area contributed by atoms with Crippen molar-refractivity contribution >= 4 is 35.1 Å². The average Bonchev–Trinajstić information content (AvgIpc) is 3.60. The van der Waals surface area contributed by atoms with Crippen LogP contribution in [0.5, 0.6) is 0 Å². The van der Waals surface area contributed by atoms with Crippen molar-refractivity contribution in [2.24, 2.45) is 0 Å². The lowest BCUT2D eigenvalue weighted by atomic mass is 10.0. The zero-order chi connectivity index (χ0) is 23.2. The maximum absolute atomic E-state index is 13.7. The maximum atomic E-state index is 13.7. The predicted octanol–water partition coefficient (Wildman–Crippen LogP) is 4.04. The number of nitrogens with one attached hydrogen (secondary N) is 1. The van der Waals surface area contributed by atoms with E-state index in [-0.39, 0.29) is 24.3 Å². The molecule has 2 aliphatic rings. The first kappa shape index (κ1) is 21.2. The number of amides is 2. The van der Waals surface area contributed by atoms with Crippen molar-refractivity contribution in [2.45, 2.75) is 24.4 Å². The van der Waals surface area contributed by atoms with E-state index in [0.717, 1.165) is 11.3 Å². The lowest BCUT2D eigenvalue weighted by Gasteiger charge is -2.30. The SMILES string of the molecule is COC(=O)c1ccc(CN2C(=O)c3ccc(Cl)cc3NC(=O)C23CC3c2ccccn2)cc1. The first-order chi connectivity index (χ1) is 15.9. The zero-order valence-corrected chi connectivity index (χ0v) is 18.5. The van der Waals surface area contributed by atoms with E-state index in [1.807, 2.05) is 18.2 Å². The maximum Gasteiger partial charge on any atom is 0.337 e. The van der Waals surface area contributed by atoms with Gasteiger partial charge in [-0.25, -0.2) is 4.79 Å². The molecule has 0 radical (unpaired) electrons. The van der Waals surface area contributed by atoms with Crippen LogP contribution in [0.15, 0.2) is 66.9 Å². The van der Waals surface area contributed by atoms with Crippen LogP contribution in [0.4, 0.5) is 5.69 Å². The van der Waals surface area contributed by atoms with Gasteiger partial charge in [-0.05, 0) is 54.4 Å². The highest BCUT2D eigenvalue weighted by Crippen LogP contribution is 2.57. The lowest BCUT2D eigenvalue weighted by molar-refractivity contribution is -0.122. The van der Waals surface area contributed by atoms with Gasteiger partial charge in [0.25, 0.3) is 11.8 Å². The van der Waals surface area contributed by atoms with Crippen LogP contribution in [-0.4, -0.2) is 40.3 Å². The molecule has 5 rings (SSSR count). The van der Waals surface area contributed by atoms with E-state index in [1.165, 1.54) is 7.11 Å². The Hall–Kier alpha value is -3.71. The van der Waals surface area contributed by atoms with Crippen LogP contribution in [0.3, 0.4) is 0 Å². The number of benzene rings is 2. The molecular formula is C25H20ClN3O4. The Balaban J connectivity index is 1.56. The average molecular weight is 462 g/mol. The number of pyridine rings is 1. The lowest BCUT2D eigenvalue weighted by Crippen LogP contribution is -2.48. The van der Waals surface area contributed by atoms with Gasteiger partial charge in [0.15, 0.2) is 0 Å². The number of ether oxygens (including phenoxy) is 1. The Kier molecular flexibility index (Phi) is 5.13. The number of halogens is 1. The quantitative estimate of drug-likeness (QED) is 0.592. The summed E-state index contributed by atoms with van der Waals surface area (Å²) in [5, 5.41) is 3.35. The van der Waals surface area contributed by atoms with E-state index >= 15 is 0 Å². The van der Waals surface area contributed by atoms with E-state index in [4.69, 9.17) is 16.3 Å². The van der Waals surface area contributed by atoms with E-state index < -0.39 is 11.5 Å². The second kappa shape index (κ2) is 8.01. The fourth-order valence-electron chi connectivity index (χ4n) is 4.48. The molecule has 2 heterocycles. The summed E-state index contributed by atoms with van der Waals surface area (Å²) in [7, 11) is 1.32. The number of aromatic nitrogens is 1. The van der Waals surface area contributed by atoms with Crippen molar-refractivity contribution < 1.29 is 19.1 Å². The van der Waals surface area contributed by atoms with Crippen molar-refractivity contribution in [3.8, 4) is 0 Å². The number of esters is 1. The largest absolute Gasteiger partial charge is 0.465 e. The number of nitrogens with zero attached hydrogens (tertiary/aromatic N) is 2. The van der Waals surface area contributed by atoms with Gasteiger partial charge in [-0.1, -0.05) is 29.8 Å². The van der Waals surface area contributed by atoms with Gasteiger partial charge in [0.1, 0.15) is 5.54 Å². The topological polar surface area (TPSA) is 88.6 Å². The molecule has 1 fully saturated rings. The molecule has 7 nitrogen and oxygen atoms in total. The van der Waals surface area contributed by atoms with E-state index in [1.54, 1.807) is 53.6 Å². The Morgan fingerprint density at radius 2 is 1.97 bits per heavy atom. The third kappa shape index (κ3) is 3.54. The summed E-state index contributed by atoms with van der Waals surface area (Å²) in [4.78, 5) is 45.1. The molecule has 2 unspecified atom stereocenters. The van der Waals surface area contributed by atoms with Gasteiger partial charge < -0.3 is 15.0 Å². The minimum atomic E-state index is -1.07. The van der Waals surface area contributed by atoms with Crippen LogP contribution >= 0.6 is 11.6 Å². The highest BCUT2D eigenvalue weighted by molar-refractivity contribution is 6.31. The summed E-state index contributed by atoms with van der Waals surface area (Å²) in [6, 6.07) is 17.2. The Morgan fingerprint density at radius 3 is 2.67 bits per heavy atom. The van der Waals surface area contributed by atoms with E-state index in [9.17, 15) is 14.4 Å². The van der Waals surface area contributed by atoms with Crippen molar-refractivity contribution in [3.63, 3.8) is 0 Å². The summed E-state index contributed by atoms with van der Waals surface area (Å²) in [5.41, 5.74) is 1.66. The molecule has 33 heavy (non-hydrogen) atoms. The van der Waals surface area contributed by atoms with Crippen molar-refractivity contribution in [1.29, 1.82) is 0 Å². The minimum absolute atomic E-state index is 0.194. The highest BCUT2D eigenvalue weighted by Gasteiger charge is 2.67. The molecule has 1 aromatic heterocycles. The summed E-state index contributed by atoms with van der Waals surface area (Å²) >= 11 is 6.13. The molecule has 3 aromatic rings. The third-order valence-electron chi connectivity index (χ3n) is 6.27. The fourth-order valence-corrected chi connectivity index (χ4v) is 4.65. The number of methoxy groups -OCH3 is 1. The summed E-state index contributed by atoms with van der Waals surface area (Å²) < 4.78 is 4.75. The molecule has 8 heteroatoms. The number of rotatable bonds is 4. The van der Waals surface area contributed by atoms with E-state index in [0.29, 0.717) is 28.3 Å². The third-order valence-corrected chi connectivity index (χ3v) is 6.51. The molecule has 2 amide bonds. The summed E-state index contributed by atoms with van der Waals surface area (Å²) in [6.07, 6.45) is 2.14. The van der Waals surface area contributed by atoms with Crippen LogP contribution in [0.25, 0.3) is 0 Å². The van der Waals surface area contributed by atoms with Gasteiger partial charge >= 0.3 is 5.97 Å². The van der Waals surface area contributed by atoms with Crippen LogP contribution < -0.4 is 5.32 Å². The molecule has 1 spiro atoms.